The van der Waals surface area contributed by atoms with Gasteiger partial charge in [-0.05, 0) is 37.8 Å². The van der Waals surface area contributed by atoms with Crippen molar-refractivity contribution in [2.75, 3.05) is 26.2 Å². The molecule has 0 unspecified atom stereocenters. The predicted molar refractivity (Wildman–Crippen MR) is 75.1 cm³/mol. The Bertz CT molecular complexity index is 200. The number of rotatable bonds is 9. The summed E-state index contributed by atoms with van der Waals surface area (Å²) in [6.07, 6.45) is 2.74. The van der Waals surface area contributed by atoms with Gasteiger partial charge in [-0.2, -0.15) is 0 Å². The molecule has 3 N–H and O–H groups in total. The molecule has 0 atom stereocenters. The Morgan fingerprint density at radius 1 is 1.06 bits per heavy atom. The first-order valence-electron chi connectivity index (χ1n) is 6.97. The third kappa shape index (κ3) is 6.39. The molecule has 0 spiro atoms. The molecule has 0 aromatic rings. The molecule has 0 bridgehead atoms. The van der Waals surface area contributed by atoms with Crippen LogP contribution in [0.25, 0.3) is 0 Å². The first kappa shape index (κ1) is 16.9. The molecule has 17 heavy (non-hydrogen) atoms. The van der Waals surface area contributed by atoms with E-state index in [1.807, 2.05) is 0 Å². The molecule has 0 aromatic carbocycles. The Labute approximate surface area is 107 Å². The Morgan fingerprint density at radius 2 is 1.59 bits per heavy atom. The van der Waals surface area contributed by atoms with E-state index in [0.717, 1.165) is 38.9 Å². The van der Waals surface area contributed by atoms with Gasteiger partial charge in [0.05, 0.1) is 5.60 Å². The normalized spacial score (nSPS) is 13.4. The number of hydrogen-bond donors (Lipinski definition) is 2. The van der Waals surface area contributed by atoms with Crippen LogP contribution in [0.1, 0.15) is 53.9 Å². The van der Waals surface area contributed by atoms with Crippen molar-refractivity contribution >= 4 is 0 Å². The molecule has 3 heteroatoms. The van der Waals surface area contributed by atoms with Gasteiger partial charge in [0, 0.05) is 13.1 Å². The standard InChI is InChI=1S/C14H32N2O/c1-6-9-16(11-13(4,5)10-15)12-14(17,7-2)8-3/h17H,6-12,15H2,1-5H3. The maximum absolute atomic E-state index is 10.4. The fourth-order valence-electron chi connectivity index (χ4n) is 2.09. The summed E-state index contributed by atoms with van der Waals surface area (Å²) in [6, 6.07) is 0. The maximum atomic E-state index is 10.4. The second kappa shape index (κ2) is 7.34. The molecule has 0 radical (unpaired) electrons. The van der Waals surface area contributed by atoms with E-state index in [0.29, 0.717) is 6.54 Å². The summed E-state index contributed by atoms with van der Waals surface area (Å²) in [4.78, 5) is 2.36. The van der Waals surface area contributed by atoms with E-state index in [9.17, 15) is 5.11 Å². The zero-order valence-corrected chi connectivity index (χ0v) is 12.4. The molecule has 0 fully saturated rings. The highest BCUT2D eigenvalue weighted by Gasteiger charge is 2.28. The van der Waals surface area contributed by atoms with Crippen molar-refractivity contribution in [2.45, 2.75) is 59.5 Å². The number of hydrogen-bond acceptors (Lipinski definition) is 3. The molecule has 0 saturated heterocycles. The van der Waals surface area contributed by atoms with Crippen LogP contribution in [0, 0.1) is 5.41 Å². The fourth-order valence-corrected chi connectivity index (χ4v) is 2.09. The summed E-state index contributed by atoms with van der Waals surface area (Å²) >= 11 is 0. The summed E-state index contributed by atoms with van der Waals surface area (Å²) in [6.45, 7) is 14.1. The van der Waals surface area contributed by atoms with Gasteiger partial charge in [-0.3, -0.25) is 4.90 Å². The minimum absolute atomic E-state index is 0.123. The van der Waals surface area contributed by atoms with Gasteiger partial charge in [-0.1, -0.05) is 34.6 Å². The van der Waals surface area contributed by atoms with Crippen LogP contribution < -0.4 is 5.73 Å². The molecule has 104 valence electrons. The average molecular weight is 244 g/mol. The zero-order valence-electron chi connectivity index (χ0n) is 12.4. The number of nitrogens with two attached hydrogens (primary N) is 1. The summed E-state index contributed by atoms with van der Waals surface area (Å²) in [5.41, 5.74) is 5.37. The lowest BCUT2D eigenvalue weighted by Gasteiger charge is -2.37. The van der Waals surface area contributed by atoms with Crippen molar-refractivity contribution in [3.05, 3.63) is 0 Å². The van der Waals surface area contributed by atoms with Crippen LogP contribution >= 0.6 is 0 Å². The highest BCUT2D eigenvalue weighted by atomic mass is 16.3. The molecule has 0 saturated carbocycles. The van der Waals surface area contributed by atoms with Crippen LogP contribution in [0.4, 0.5) is 0 Å². The topological polar surface area (TPSA) is 49.5 Å². The van der Waals surface area contributed by atoms with Gasteiger partial charge in [0.1, 0.15) is 0 Å². The number of nitrogens with zero attached hydrogens (tertiary/aromatic N) is 1. The van der Waals surface area contributed by atoms with Crippen LogP contribution in [0.5, 0.6) is 0 Å². The minimum Gasteiger partial charge on any atom is -0.389 e. The van der Waals surface area contributed by atoms with Crippen LogP contribution in [-0.4, -0.2) is 41.8 Å². The molecule has 0 heterocycles. The van der Waals surface area contributed by atoms with Crippen molar-refractivity contribution in [2.24, 2.45) is 11.1 Å². The van der Waals surface area contributed by atoms with Crippen molar-refractivity contribution in [1.29, 1.82) is 0 Å². The largest absolute Gasteiger partial charge is 0.389 e. The summed E-state index contributed by atoms with van der Waals surface area (Å²) in [5, 5.41) is 10.4. The van der Waals surface area contributed by atoms with E-state index in [1.54, 1.807) is 0 Å². The minimum atomic E-state index is -0.542. The molecular formula is C14H32N2O. The number of aliphatic hydroxyl groups is 1. The van der Waals surface area contributed by atoms with E-state index in [-0.39, 0.29) is 5.41 Å². The third-order valence-electron chi connectivity index (χ3n) is 3.58. The van der Waals surface area contributed by atoms with Gasteiger partial charge in [-0.25, -0.2) is 0 Å². The SMILES string of the molecule is CCCN(CC(C)(C)CN)CC(O)(CC)CC. The Balaban J connectivity index is 4.52. The monoisotopic (exact) mass is 244 g/mol. The first-order chi connectivity index (χ1) is 7.82. The highest BCUT2D eigenvalue weighted by Crippen LogP contribution is 2.21. The molecule has 3 nitrogen and oxygen atoms in total. The summed E-state index contributed by atoms with van der Waals surface area (Å²) < 4.78 is 0. The van der Waals surface area contributed by atoms with Crippen LogP contribution in [-0.2, 0) is 0 Å². The third-order valence-corrected chi connectivity index (χ3v) is 3.58. The van der Waals surface area contributed by atoms with Crippen LogP contribution in [0.3, 0.4) is 0 Å². The lowest BCUT2D eigenvalue weighted by atomic mass is 9.91. The summed E-state index contributed by atoms with van der Waals surface area (Å²) in [7, 11) is 0. The zero-order chi connectivity index (χ0) is 13.5. The van der Waals surface area contributed by atoms with Gasteiger partial charge in [0.15, 0.2) is 0 Å². The Hall–Kier alpha value is -0.120. The first-order valence-corrected chi connectivity index (χ1v) is 6.97. The molecule has 0 aromatic heterocycles. The van der Waals surface area contributed by atoms with E-state index in [4.69, 9.17) is 5.73 Å². The average Bonchev–Trinajstić information content (AvgIpc) is 2.28. The van der Waals surface area contributed by atoms with E-state index < -0.39 is 5.60 Å². The second-order valence-corrected chi connectivity index (χ2v) is 6.01. The molecule has 0 aliphatic carbocycles. The van der Waals surface area contributed by atoms with Gasteiger partial charge in [0.25, 0.3) is 0 Å². The van der Waals surface area contributed by atoms with Crippen molar-refractivity contribution < 1.29 is 5.11 Å². The van der Waals surface area contributed by atoms with Crippen molar-refractivity contribution in [3.8, 4) is 0 Å². The highest BCUT2D eigenvalue weighted by molar-refractivity contribution is 4.83. The second-order valence-electron chi connectivity index (χ2n) is 6.01. The van der Waals surface area contributed by atoms with Crippen molar-refractivity contribution in [1.82, 2.24) is 4.90 Å². The molecule has 0 rings (SSSR count). The van der Waals surface area contributed by atoms with Gasteiger partial charge < -0.3 is 10.8 Å². The lowest BCUT2D eigenvalue weighted by Crippen LogP contribution is -2.47. The van der Waals surface area contributed by atoms with Gasteiger partial charge in [-0.15, -0.1) is 0 Å². The molecule has 0 aliphatic heterocycles. The van der Waals surface area contributed by atoms with Gasteiger partial charge >= 0.3 is 0 Å². The molecular weight excluding hydrogens is 212 g/mol. The quantitative estimate of drug-likeness (QED) is 0.654. The molecule has 0 aliphatic rings. The van der Waals surface area contributed by atoms with Crippen molar-refractivity contribution in [3.63, 3.8) is 0 Å². The smallest absolute Gasteiger partial charge is 0.0768 e. The van der Waals surface area contributed by atoms with E-state index >= 15 is 0 Å². The van der Waals surface area contributed by atoms with Gasteiger partial charge in [0.2, 0.25) is 0 Å². The van der Waals surface area contributed by atoms with E-state index in [2.05, 4.69) is 39.5 Å². The summed E-state index contributed by atoms with van der Waals surface area (Å²) in [5.74, 6) is 0. The Morgan fingerprint density at radius 3 is 1.94 bits per heavy atom. The fraction of sp³-hybridized carbons (Fsp3) is 1.00. The van der Waals surface area contributed by atoms with Crippen LogP contribution in [0.2, 0.25) is 0 Å². The van der Waals surface area contributed by atoms with E-state index in [1.165, 1.54) is 0 Å². The maximum Gasteiger partial charge on any atom is 0.0768 e. The lowest BCUT2D eigenvalue weighted by molar-refractivity contribution is -0.0112. The predicted octanol–water partition coefficient (Wildman–Crippen LogP) is 2.23. The van der Waals surface area contributed by atoms with Crippen LogP contribution in [0.15, 0.2) is 0 Å². The Kier molecular flexibility index (Phi) is 7.29. The molecule has 0 amide bonds.